The molecular formula is C23H21BrClNO4. The highest BCUT2D eigenvalue weighted by molar-refractivity contribution is 9.10. The van der Waals surface area contributed by atoms with Crippen molar-refractivity contribution in [2.24, 2.45) is 0 Å². The zero-order valence-electron chi connectivity index (χ0n) is 16.5. The largest absolute Gasteiger partial charge is 0.493 e. The number of aryl methyl sites for hydroxylation is 1. The lowest BCUT2D eigenvalue weighted by Crippen LogP contribution is -2.07. The Bertz CT molecular complexity index is 1050. The minimum Gasteiger partial charge on any atom is -0.493 e. The summed E-state index contributed by atoms with van der Waals surface area (Å²) >= 11 is 9.66. The van der Waals surface area contributed by atoms with Crippen LogP contribution in [-0.2, 0) is 13.2 Å². The van der Waals surface area contributed by atoms with Crippen molar-refractivity contribution in [1.29, 1.82) is 0 Å². The van der Waals surface area contributed by atoms with Gasteiger partial charge in [-0.1, -0.05) is 57.4 Å². The zero-order chi connectivity index (χ0) is 21.7. The number of anilines is 1. The molecule has 0 aliphatic rings. The first-order chi connectivity index (χ1) is 14.4. The average Bonchev–Trinajstić information content (AvgIpc) is 2.72. The Hall–Kier alpha value is -2.70. The van der Waals surface area contributed by atoms with Crippen LogP contribution in [0.4, 0.5) is 5.69 Å². The van der Waals surface area contributed by atoms with Gasteiger partial charge in [-0.3, -0.25) is 0 Å². The van der Waals surface area contributed by atoms with Crippen molar-refractivity contribution < 1.29 is 19.4 Å². The number of hydrogen-bond acceptors (Lipinski definition) is 4. The van der Waals surface area contributed by atoms with Crippen LogP contribution < -0.4 is 14.8 Å². The number of benzene rings is 3. The van der Waals surface area contributed by atoms with E-state index in [1.807, 2.05) is 43.3 Å². The van der Waals surface area contributed by atoms with Crippen LogP contribution in [-0.4, -0.2) is 18.2 Å². The van der Waals surface area contributed by atoms with Gasteiger partial charge in [-0.15, -0.1) is 0 Å². The van der Waals surface area contributed by atoms with Crippen LogP contribution >= 0.6 is 27.5 Å². The third-order valence-corrected chi connectivity index (χ3v) is 5.62. The number of halogens is 2. The molecule has 0 saturated carbocycles. The molecule has 7 heteroatoms. The second-order valence-corrected chi connectivity index (χ2v) is 7.95. The molecule has 0 spiro atoms. The Morgan fingerprint density at radius 1 is 1.13 bits per heavy atom. The molecule has 0 aromatic heterocycles. The SMILES string of the molecule is COc1ccc(Br)c(CNc2ccc(C(=O)O)c(Cl)c2)c1OCc1ccc(C)cc1. The third-order valence-electron chi connectivity index (χ3n) is 4.56. The lowest BCUT2D eigenvalue weighted by Gasteiger charge is -2.18. The molecule has 3 aromatic carbocycles. The second kappa shape index (κ2) is 9.87. The van der Waals surface area contributed by atoms with Crippen LogP contribution in [0.2, 0.25) is 5.02 Å². The van der Waals surface area contributed by atoms with E-state index in [2.05, 4.69) is 21.2 Å². The van der Waals surface area contributed by atoms with Gasteiger partial charge in [0, 0.05) is 22.3 Å². The van der Waals surface area contributed by atoms with Gasteiger partial charge in [-0.05, 0) is 42.8 Å². The number of ether oxygens (including phenoxy) is 2. The highest BCUT2D eigenvalue weighted by Gasteiger charge is 2.16. The van der Waals surface area contributed by atoms with Gasteiger partial charge in [0.05, 0.1) is 17.7 Å². The van der Waals surface area contributed by atoms with Crippen molar-refractivity contribution >= 4 is 39.2 Å². The first-order valence-electron chi connectivity index (χ1n) is 9.19. The molecule has 3 aromatic rings. The molecular weight excluding hydrogens is 470 g/mol. The van der Waals surface area contributed by atoms with Crippen LogP contribution in [0.5, 0.6) is 11.5 Å². The summed E-state index contributed by atoms with van der Waals surface area (Å²) in [6.45, 7) is 2.87. The fraction of sp³-hybridized carbons (Fsp3) is 0.174. The van der Waals surface area contributed by atoms with Gasteiger partial charge in [-0.25, -0.2) is 4.79 Å². The number of nitrogens with one attached hydrogen (secondary N) is 1. The van der Waals surface area contributed by atoms with Crippen molar-refractivity contribution in [1.82, 2.24) is 0 Å². The number of carbonyl (C=O) groups is 1. The molecule has 3 rings (SSSR count). The summed E-state index contributed by atoms with van der Waals surface area (Å²) in [5.41, 5.74) is 3.88. The summed E-state index contributed by atoms with van der Waals surface area (Å²) < 4.78 is 12.5. The van der Waals surface area contributed by atoms with Crippen LogP contribution in [0, 0.1) is 6.92 Å². The second-order valence-electron chi connectivity index (χ2n) is 6.68. The van der Waals surface area contributed by atoms with E-state index in [0.717, 1.165) is 15.6 Å². The highest BCUT2D eigenvalue weighted by Crippen LogP contribution is 2.37. The number of carboxylic acids is 1. The lowest BCUT2D eigenvalue weighted by atomic mass is 10.1. The topological polar surface area (TPSA) is 67.8 Å². The molecule has 0 bridgehead atoms. The lowest BCUT2D eigenvalue weighted by molar-refractivity contribution is 0.0697. The molecule has 0 amide bonds. The van der Waals surface area contributed by atoms with Gasteiger partial charge in [0.2, 0.25) is 0 Å². The van der Waals surface area contributed by atoms with Crippen molar-refractivity contribution in [3.63, 3.8) is 0 Å². The van der Waals surface area contributed by atoms with Crippen LogP contribution in [0.25, 0.3) is 0 Å². The molecule has 0 unspecified atom stereocenters. The van der Waals surface area contributed by atoms with Gasteiger partial charge in [-0.2, -0.15) is 0 Å². The summed E-state index contributed by atoms with van der Waals surface area (Å²) in [6.07, 6.45) is 0. The minimum atomic E-state index is -1.06. The van der Waals surface area contributed by atoms with E-state index in [1.54, 1.807) is 19.2 Å². The first-order valence-corrected chi connectivity index (χ1v) is 10.4. The molecule has 5 nitrogen and oxygen atoms in total. The number of hydrogen-bond donors (Lipinski definition) is 2. The normalized spacial score (nSPS) is 10.5. The van der Waals surface area contributed by atoms with E-state index >= 15 is 0 Å². The molecule has 0 aliphatic heterocycles. The molecule has 0 fully saturated rings. The van der Waals surface area contributed by atoms with Crippen LogP contribution in [0.15, 0.2) is 59.1 Å². The minimum absolute atomic E-state index is 0.0619. The number of rotatable bonds is 8. The summed E-state index contributed by atoms with van der Waals surface area (Å²) in [4.78, 5) is 11.1. The Morgan fingerprint density at radius 2 is 1.87 bits per heavy atom. The van der Waals surface area contributed by atoms with Gasteiger partial charge in [0.25, 0.3) is 0 Å². The molecule has 156 valence electrons. The van der Waals surface area contributed by atoms with E-state index in [1.165, 1.54) is 11.6 Å². The Balaban J connectivity index is 1.82. The number of aromatic carboxylic acids is 1. The van der Waals surface area contributed by atoms with Gasteiger partial charge in [0.15, 0.2) is 11.5 Å². The Morgan fingerprint density at radius 3 is 2.50 bits per heavy atom. The molecule has 0 radical (unpaired) electrons. The maximum Gasteiger partial charge on any atom is 0.337 e. The summed E-state index contributed by atoms with van der Waals surface area (Å²) in [5, 5.41) is 12.6. The van der Waals surface area contributed by atoms with Crippen molar-refractivity contribution in [2.45, 2.75) is 20.1 Å². The number of methoxy groups -OCH3 is 1. The quantitative estimate of drug-likeness (QED) is 0.387. The third kappa shape index (κ3) is 5.26. The van der Waals surface area contributed by atoms with E-state index in [9.17, 15) is 4.79 Å². The van der Waals surface area contributed by atoms with Crippen molar-refractivity contribution in [3.05, 3.63) is 86.3 Å². The highest BCUT2D eigenvalue weighted by atomic mass is 79.9. The molecule has 0 atom stereocenters. The van der Waals surface area contributed by atoms with Crippen molar-refractivity contribution in [3.8, 4) is 11.5 Å². The molecule has 0 heterocycles. The predicted octanol–water partition coefficient (Wildman–Crippen LogP) is 6.31. The van der Waals surface area contributed by atoms with Crippen molar-refractivity contribution in [2.75, 3.05) is 12.4 Å². The van der Waals surface area contributed by atoms with E-state index in [-0.39, 0.29) is 10.6 Å². The smallest absolute Gasteiger partial charge is 0.337 e. The van der Waals surface area contributed by atoms with Gasteiger partial charge >= 0.3 is 5.97 Å². The van der Waals surface area contributed by atoms with E-state index in [4.69, 9.17) is 26.2 Å². The summed E-state index contributed by atoms with van der Waals surface area (Å²) in [7, 11) is 1.60. The van der Waals surface area contributed by atoms with E-state index in [0.29, 0.717) is 30.3 Å². The first kappa shape index (κ1) is 22.0. The maximum absolute atomic E-state index is 11.1. The zero-order valence-corrected chi connectivity index (χ0v) is 18.9. The monoisotopic (exact) mass is 489 g/mol. The van der Waals surface area contributed by atoms with Gasteiger partial charge < -0.3 is 19.9 Å². The number of carboxylic acid groups (broad SMARTS) is 1. The van der Waals surface area contributed by atoms with Crippen LogP contribution in [0.1, 0.15) is 27.0 Å². The fourth-order valence-electron chi connectivity index (χ4n) is 2.89. The Kier molecular flexibility index (Phi) is 7.24. The summed E-state index contributed by atoms with van der Waals surface area (Å²) in [6, 6.07) is 16.6. The standard InChI is InChI=1S/C23H21BrClNO4/c1-14-3-5-15(6-4-14)13-30-22-18(19(24)9-10-21(22)29-2)12-26-16-7-8-17(23(27)28)20(25)11-16/h3-11,26H,12-13H2,1-2H3,(H,27,28). The maximum atomic E-state index is 11.1. The molecule has 0 aliphatic carbocycles. The van der Waals surface area contributed by atoms with Gasteiger partial charge in [0.1, 0.15) is 6.61 Å². The van der Waals surface area contributed by atoms with Crippen LogP contribution in [0.3, 0.4) is 0 Å². The Labute approximate surface area is 188 Å². The van der Waals surface area contributed by atoms with E-state index < -0.39 is 5.97 Å². The molecule has 0 saturated heterocycles. The molecule has 30 heavy (non-hydrogen) atoms. The molecule has 2 N–H and O–H groups in total. The summed E-state index contributed by atoms with van der Waals surface area (Å²) in [5.74, 6) is 0.198. The fourth-order valence-corrected chi connectivity index (χ4v) is 3.61. The average molecular weight is 491 g/mol. The predicted molar refractivity (Wildman–Crippen MR) is 122 cm³/mol.